The molecule has 23 heavy (non-hydrogen) atoms. The van der Waals surface area contributed by atoms with E-state index in [4.69, 9.17) is 23.2 Å². The molecular formula is C18H19Cl2FN2. The van der Waals surface area contributed by atoms with Crippen molar-refractivity contribution in [3.05, 3.63) is 69.5 Å². The molecule has 0 atom stereocenters. The van der Waals surface area contributed by atoms with Crippen LogP contribution in [0, 0.1) is 5.82 Å². The Morgan fingerprint density at radius 2 is 1.43 bits per heavy atom. The van der Waals surface area contributed by atoms with Crippen molar-refractivity contribution in [1.82, 2.24) is 9.80 Å². The second kappa shape index (κ2) is 7.63. The van der Waals surface area contributed by atoms with Crippen molar-refractivity contribution in [2.75, 3.05) is 26.2 Å². The van der Waals surface area contributed by atoms with Gasteiger partial charge in [0, 0.05) is 54.9 Å². The molecule has 0 amide bonds. The summed E-state index contributed by atoms with van der Waals surface area (Å²) < 4.78 is 13.9. The number of nitrogens with zero attached hydrogens (tertiary/aromatic N) is 2. The monoisotopic (exact) mass is 352 g/mol. The molecule has 0 aliphatic carbocycles. The van der Waals surface area contributed by atoms with Crippen molar-refractivity contribution >= 4 is 23.2 Å². The van der Waals surface area contributed by atoms with Crippen LogP contribution in [0.1, 0.15) is 11.1 Å². The molecule has 0 unspecified atom stereocenters. The first kappa shape index (κ1) is 16.7. The van der Waals surface area contributed by atoms with Crippen LogP contribution in [0.4, 0.5) is 4.39 Å². The van der Waals surface area contributed by atoms with Crippen LogP contribution in [0.2, 0.25) is 10.0 Å². The van der Waals surface area contributed by atoms with Gasteiger partial charge < -0.3 is 0 Å². The molecule has 3 rings (SSSR count). The number of piperazine rings is 1. The van der Waals surface area contributed by atoms with Crippen LogP contribution in [-0.2, 0) is 13.1 Å². The molecule has 0 N–H and O–H groups in total. The van der Waals surface area contributed by atoms with Crippen LogP contribution in [-0.4, -0.2) is 36.0 Å². The summed E-state index contributed by atoms with van der Waals surface area (Å²) in [7, 11) is 0. The lowest BCUT2D eigenvalue weighted by molar-refractivity contribution is 0.121. The molecule has 1 aliphatic rings. The first-order valence-corrected chi connectivity index (χ1v) is 8.49. The third kappa shape index (κ3) is 4.45. The van der Waals surface area contributed by atoms with Crippen LogP contribution in [0.15, 0.2) is 42.5 Å². The third-order valence-corrected chi connectivity index (χ3v) is 4.83. The predicted octanol–water partition coefficient (Wildman–Crippen LogP) is 4.45. The minimum atomic E-state index is -0.221. The Balaban J connectivity index is 1.53. The van der Waals surface area contributed by atoms with E-state index < -0.39 is 0 Å². The number of halogens is 3. The summed E-state index contributed by atoms with van der Waals surface area (Å²) in [6.07, 6.45) is 0. The zero-order valence-electron chi connectivity index (χ0n) is 12.8. The molecular weight excluding hydrogens is 334 g/mol. The van der Waals surface area contributed by atoms with E-state index in [1.54, 1.807) is 12.1 Å². The fourth-order valence-electron chi connectivity index (χ4n) is 2.86. The van der Waals surface area contributed by atoms with Gasteiger partial charge in [-0.1, -0.05) is 41.4 Å². The molecule has 0 radical (unpaired) electrons. The SMILES string of the molecule is Fc1cccc(Cl)c1CN1CCN(Cc2ccc(Cl)cc2)CC1. The van der Waals surface area contributed by atoms with Crippen molar-refractivity contribution in [2.45, 2.75) is 13.1 Å². The first-order chi connectivity index (χ1) is 11.1. The summed E-state index contributed by atoms with van der Waals surface area (Å²) in [6, 6.07) is 12.8. The maximum Gasteiger partial charge on any atom is 0.129 e. The van der Waals surface area contributed by atoms with E-state index in [1.165, 1.54) is 11.6 Å². The Bertz CT molecular complexity index is 632. The van der Waals surface area contributed by atoms with E-state index >= 15 is 0 Å². The minimum Gasteiger partial charge on any atom is -0.297 e. The Morgan fingerprint density at radius 1 is 0.826 bits per heavy atom. The third-order valence-electron chi connectivity index (χ3n) is 4.23. The molecule has 0 aromatic heterocycles. The van der Waals surface area contributed by atoms with Crippen LogP contribution in [0.5, 0.6) is 0 Å². The number of rotatable bonds is 4. The molecule has 1 saturated heterocycles. The zero-order chi connectivity index (χ0) is 16.2. The summed E-state index contributed by atoms with van der Waals surface area (Å²) in [5.74, 6) is -0.221. The van der Waals surface area contributed by atoms with Crippen molar-refractivity contribution in [2.24, 2.45) is 0 Å². The van der Waals surface area contributed by atoms with Gasteiger partial charge in [-0.15, -0.1) is 0 Å². The molecule has 2 nitrogen and oxygen atoms in total. The number of hydrogen-bond donors (Lipinski definition) is 0. The second-order valence-corrected chi connectivity index (χ2v) is 6.72. The lowest BCUT2D eigenvalue weighted by Crippen LogP contribution is -2.45. The second-order valence-electron chi connectivity index (χ2n) is 5.88. The molecule has 1 fully saturated rings. The summed E-state index contributed by atoms with van der Waals surface area (Å²) in [4.78, 5) is 4.66. The fourth-order valence-corrected chi connectivity index (χ4v) is 3.21. The summed E-state index contributed by atoms with van der Waals surface area (Å²) in [6.45, 7) is 5.26. The van der Waals surface area contributed by atoms with Crippen LogP contribution >= 0.6 is 23.2 Å². The first-order valence-electron chi connectivity index (χ1n) is 7.74. The van der Waals surface area contributed by atoms with E-state index in [1.807, 2.05) is 12.1 Å². The lowest BCUT2D eigenvalue weighted by atomic mass is 10.1. The van der Waals surface area contributed by atoms with Gasteiger partial charge in [-0.25, -0.2) is 4.39 Å². The van der Waals surface area contributed by atoms with Crippen molar-refractivity contribution < 1.29 is 4.39 Å². The fraction of sp³-hybridized carbons (Fsp3) is 0.333. The average molecular weight is 353 g/mol. The van der Waals surface area contributed by atoms with Crippen molar-refractivity contribution in [3.8, 4) is 0 Å². The van der Waals surface area contributed by atoms with Crippen molar-refractivity contribution in [3.63, 3.8) is 0 Å². The molecule has 0 spiro atoms. The molecule has 2 aromatic carbocycles. The molecule has 0 bridgehead atoms. The van der Waals surface area contributed by atoms with Gasteiger partial charge >= 0.3 is 0 Å². The van der Waals surface area contributed by atoms with Gasteiger partial charge in [0.1, 0.15) is 5.82 Å². The summed E-state index contributed by atoms with van der Waals surface area (Å²) in [5, 5.41) is 1.27. The average Bonchev–Trinajstić information content (AvgIpc) is 2.55. The van der Waals surface area contributed by atoms with Gasteiger partial charge in [0.15, 0.2) is 0 Å². The number of benzene rings is 2. The minimum absolute atomic E-state index is 0.221. The molecule has 2 aromatic rings. The van der Waals surface area contributed by atoms with E-state index in [0.717, 1.165) is 37.7 Å². The Morgan fingerprint density at radius 3 is 2.04 bits per heavy atom. The number of hydrogen-bond acceptors (Lipinski definition) is 2. The highest BCUT2D eigenvalue weighted by Crippen LogP contribution is 2.21. The molecule has 1 aliphatic heterocycles. The van der Waals surface area contributed by atoms with Gasteiger partial charge in [0.2, 0.25) is 0 Å². The Hall–Kier alpha value is -1.13. The highest BCUT2D eigenvalue weighted by molar-refractivity contribution is 6.31. The van der Waals surface area contributed by atoms with E-state index in [2.05, 4.69) is 21.9 Å². The van der Waals surface area contributed by atoms with Gasteiger partial charge in [0.05, 0.1) is 0 Å². The quantitative estimate of drug-likeness (QED) is 0.801. The molecule has 5 heteroatoms. The van der Waals surface area contributed by atoms with E-state index in [0.29, 0.717) is 17.1 Å². The van der Waals surface area contributed by atoms with Crippen LogP contribution in [0.3, 0.4) is 0 Å². The van der Waals surface area contributed by atoms with Gasteiger partial charge in [-0.3, -0.25) is 9.80 Å². The molecule has 1 heterocycles. The molecule has 122 valence electrons. The largest absolute Gasteiger partial charge is 0.297 e. The van der Waals surface area contributed by atoms with Gasteiger partial charge in [-0.05, 0) is 29.8 Å². The summed E-state index contributed by atoms with van der Waals surface area (Å²) in [5.41, 5.74) is 1.86. The Kier molecular flexibility index (Phi) is 5.54. The maximum atomic E-state index is 13.9. The van der Waals surface area contributed by atoms with Crippen LogP contribution in [0.25, 0.3) is 0 Å². The van der Waals surface area contributed by atoms with Crippen LogP contribution < -0.4 is 0 Å². The highest BCUT2D eigenvalue weighted by Gasteiger charge is 2.19. The lowest BCUT2D eigenvalue weighted by Gasteiger charge is -2.35. The predicted molar refractivity (Wildman–Crippen MR) is 93.4 cm³/mol. The Labute approximate surface area is 146 Å². The summed E-state index contributed by atoms with van der Waals surface area (Å²) >= 11 is 12.0. The van der Waals surface area contributed by atoms with Crippen molar-refractivity contribution in [1.29, 1.82) is 0 Å². The van der Waals surface area contributed by atoms with Gasteiger partial charge in [0.25, 0.3) is 0 Å². The maximum absolute atomic E-state index is 13.9. The van der Waals surface area contributed by atoms with E-state index in [9.17, 15) is 4.39 Å². The smallest absolute Gasteiger partial charge is 0.129 e. The highest BCUT2D eigenvalue weighted by atomic mass is 35.5. The standard InChI is InChI=1S/C18H19Cl2FN2/c19-15-6-4-14(5-7-15)12-22-8-10-23(11-9-22)13-16-17(20)2-1-3-18(16)21/h1-7H,8-13H2. The topological polar surface area (TPSA) is 6.48 Å². The zero-order valence-corrected chi connectivity index (χ0v) is 14.3. The van der Waals surface area contributed by atoms with Gasteiger partial charge in [-0.2, -0.15) is 0 Å². The van der Waals surface area contributed by atoms with E-state index in [-0.39, 0.29) is 5.82 Å². The normalized spacial score (nSPS) is 16.7. The molecule has 0 saturated carbocycles.